The third kappa shape index (κ3) is 4.55. The van der Waals surface area contributed by atoms with Gasteiger partial charge in [0.05, 0.1) is 6.04 Å². The Kier molecular flexibility index (Phi) is 6.76. The molecule has 1 amide bonds. The summed E-state index contributed by atoms with van der Waals surface area (Å²) in [5, 5.41) is 12.6. The molecule has 5 heteroatoms. The lowest BCUT2D eigenvalue weighted by atomic mass is 9.80. The summed E-state index contributed by atoms with van der Waals surface area (Å²) in [5.41, 5.74) is 5.46. The summed E-state index contributed by atoms with van der Waals surface area (Å²) in [6, 6.07) is 8.60. The van der Waals surface area contributed by atoms with Crippen LogP contribution >= 0.6 is 0 Å². The van der Waals surface area contributed by atoms with E-state index in [4.69, 9.17) is 5.73 Å². The van der Waals surface area contributed by atoms with E-state index in [1.54, 1.807) is 13.8 Å². The lowest BCUT2D eigenvalue weighted by molar-refractivity contribution is -0.150. The number of nitrogens with one attached hydrogen (secondary N) is 1. The van der Waals surface area contributed by atoms with Gasteiger partial charge in [-0.3, -0.25) is 4.79 Å². The Balaban J connectivity index is 3.10. The van der Waals surface area contributed by atoms with E-state index in [0.29, 0.717) is 0 Å². The lowest BCUT2D eigenvalue weighted by Gasteiger charge is -2.36. The van der Waals surface area contributed by atoms with Gasteiger partial charge in [0.25, 0.3) is 0 Å². The Morgan fingerprint density at radius 2 is 1.78 bits per heavy atom. The molecule has 0 fully saturated rings. The van der Waals surface area contributed by atoms with Gasteiger partial charge in [-0.2, -0.15) is 0 Å². The van der Waals surface area contributed by atoms with Crippen LogP contribution < -0.4 is 11.1 Å². The van der Waals surface area contributed by atoms with Crippen molar-refractivity contribution in [2.75, 3.05) is 0 Å². The summed E-state index contributed by atoms with van der Waals surface area (Å²) in [4.78, 5) is 24.5. The molecule has 0 heterocycles. The molecule has 1 unspecified atom stereocenters. The Hall–Kier alpha value is -1.88. The van der Waals surface area contributed by atoms with Crippen LogP contribution in [-0.4, -0.2) is 28.6 Å². The van der Waals surface area contributed by atoms with Gasteiger partial charge < -0.3 is 16.2 Å². The summed E-state index contributed by atoms with van der Waals surface area (Å²) >= 11 is 0. The summed E-state index contributed by atoms with van der Waals surface area (Å²) < 4.78 is 0. The predicted molar refractivity (Wildman–Crippen MR) is 90.9 cm³/mol. The largest absolute Gasteiger partial charge is 0.479 e. The van der Waals surface area contributed by atoms with E-state index in [9.17, 15) is 14.7 Å². The van der Waals surface area contributed by atoms with Gasteiger partial charge in [-0.05, 0) is 17.4 Å². The van der Waals surface area contributed by atoms with E-state index in [-0.39, 0.29) is 18.3 Å². The minimum Gasteiger partial charge on any atom is -0.479 e. The Bertz CT molecular complexity index is 530. The van der Waals surface area contributed by atoms with E-state index in [1.807, 2.05) is 44.2 Å². The van der Waals surface area contributed by atoms with E-state index in [2.05, 4.69) is 5.32 Å². The Morgan fingerprint density at radius 1 is 1.22 bits per heavy atom. The van der Waals surface area contributed by atoms with Crippen molar-refractivity contribution in [3.05, 3.63) is 35.9 Å². The number of hydrogen-bond donors (Lipinski definition) is 3. The van der Waals surface area contributed by atoms with Crippen molar-refractivity contribution in [2.24, 2.45) is 17.6 Å². The van der Waals surface area contributed by atoms with E-state index >= 15 is 0 Å². The molecule has 1 aromatic carbocycles. The molecule has 128 valence electrons. The summed E-state index contributed by atoms with van der Waals surface area (Å²) in [7, 11) is 0. The predicted octanol–water partition coefficient (Wildman–Crippen LogP) is 2.20. The molecule has 0 aliphatic rings. The third-order valence-corrected chi connectivity index (χ3v) is 4.60. The number of amides is 1. The van der Waals surface area contributed by atoms with Crippen molar-refractivity contribution < 1.29 is 14.7 Å². The Labute approximate surface area is 138 Å². The fourth-order valence-corrected chi connectivity index (χ4v) is 2.50. The highest BCUT2D eigenvalue weighted by Gasteiger charge is 2.44. The number of nitrogens with two attached hydrogens (primary N) is 1. The first-order valence-electron chi connectivity index (χ1n) is 8.09. The number of carboxylic acids is 1. The zero-order valence-electron chi connectivity index (χ0n) is 14.4. The van der Waals surface area contributed by atoms with Gasteiger partial charge in [0.1, 0.15) is 5.54 Å². The van der Waals surface area contributed by atoms with Crippen molar-refractivity contribution in [1.29, 1.82) is 0 Å². The molecule has 4 N–H and O–H groups in total. The first-order chi connectivity index (χ1) is 10.7. The number of aliphatic carboxylic acids is 1. The summed E-state index contributed by atoms with van der Waals surface area (Å²) in [6.07, 6.45) is 0.981. The van der Waals surface area contributed by atoms with Crippen LogP contribution in [0.5, 0.6) is 0 Å². The smallest absolute Gasteiger partial charge is 0.330 e. The monoisotopic (exact) mass is 320 g/mol. The highest BCUT2D eigenvalue weighted by molar-refractivity contribution is 5.90. The van der Waals surface area contributed by atoms with Crippen molar-refractivity contribution >= 4 is 11.9 Å². The standard InChI is InChI=1S/C18H28N2O3/c1-5-13(4)15(19)16(21)20-18(12(2)3,17(22)23)11-14-9-7-6-8-10-14/h6-10,12-13,15H,5,11,19H2,1-4H3,(H,20,21)(H,22,23)/t13-,15-,18?/m0/s1. The van der Waals surface area contributed by atoms with Crippen molar-refractivity contribution in [2.45, 2.75) is 52.1 Å². The van der Waals surface area contributed by atoms with Crippen LogP contribution in [0.2, 0.25) is 0 Å². The molecule has 23 heavy (non-hydrogen) atoms. The second kappa shape index (κ2) is 8.11. The van der Waals surface area contributed by atoms with Crippen LogP contribution in [-0.2, 0) is 16.0 Å². The first-order valence-corrected chi connectivity index (χ1v) is 8.09. The highest BCUT2D eigenvalue weighted by atomic mass is 16.4. The summed E-state index contributed by atoms with van der Waals surface area (Å²) in [6.45, 7) is 7.44. The number of rotatable bonds is 8. The number of benzene rings is 1. The average Bonchev–Trinajstić information content (AvgIpc) is 2.52. The SMILES string of the molecule is CC[C@H](C)[C@H](N)C(=O)NC(Cc1ccccc1)(C(=O)O)C(C)C. The van der Waals surface area contributed by atoms with E-state index in [0.717, 1.165) is 12.0 Å². The van der Waals surface area contributed by atoms with Crippen LogP contribution in [0, 0.1) is 11.8 Å². The highest BCUT2D eigenvalue weighted by Crippen LogP contribution is 2.24. The maximum atomic E-state index is 12.5. The van der Waals surface area contributed by atoms with Gasteiger partial charge >= 0.3 is 5.97 Å². The average molecular weight is 320 g/mol. The van der Waals surface area contributed by atoms with Gasteiger partial charge in [-0.25, -0.2) is 4.79 Å². The maximum absolute atomic E-state index is 12.5. The molecule has 0 aliphatic carbocycles. The zero-order chi connectivity index (χ0) is 17.6. The number of carbonyl (C=O) groups is 2. The van der Waals surface area contributed by atoms with Gasteiger partial charge in [-0.15, -0.1) is 0 Å². The van der Waals surface area contributed by atoms with Crippen LogP contribution in [0.25, 0.3) is 0 Å². The lowest BCUT2D eigenvalue weighted by Crippen LogP contribution is -2.63. The normalized spacial score (nSPS) is 16.4. The molecule has 1 aromatic rings. The molecule has 0 bridgehead atoms. The molecule has 0 radical (unpaired) electrons. The first kappa shape index (κ1) is 19.2. The van der Waals surface area contributed by atoms with Crippen LogP contribution in [0.3, 0.4) is 0 Å². The van der Waals surface area contributed by atoms with Gasteiger partial charge in [0, 0.05) is 6.42 Å². The fraction of sp³-hybridized carbons (Fsp3) is 0.556. The number of carboxylic acid groups (broad SMARTS) is 1. The molecule has 0 aromatic heterocycles. The number of hydrogen-bond acceptors (Lipinski definition) is 3. The summed E-state index contributed by atoms with van der Waals surface area (Å²) in [5.74, 6) is -1.74. The molecule has 5 nitrogen and oxygen atoms in total. The quantitative estimate of drug-likeness (QED) is 0.684. The van der Waals surface area contributed by atoms with Gasteiger partial charge in [0.15, 0.2) is 0 Å². The molecular formula is C18H28N2O3. The molecule has 0 saturated heterocycles. The van der Waals surface area contributed by atoms with Gasteiger partial charge in [-0.1, -0.05) is 64.4 Å². The molecule has 0 spiro atoms. The minimum atomic E-state index is -1.37. The fourth-order valence-electron chi connectivity index (χ4n) is 2.50. The molecule has 1 rings (SSSR count). The zero-order valence-corrected chi connectivity index (χ0v) is 14.4. The van der Waals surface area contributed by atoms with Crippen molar-refractivity contribution in [1.82, 2.24) is 5.32 Å². The van der Waals surface area contributed by atoms with Crippen LogP contribution in [0.4, 0.5) is 0 Å². The molecular weight excluding hydrogens is 292 g/mol. The maximum Gasteiger partial charge on any atom is 0.330 e. The molecule has 0 aliphatic heterocycles. The Morgan fingerprint density at radius 3 is 2.22 bits per heavy atom. The van der Waals surface area contributed by atoms with Gasteiger partial charge in [0.2, 0.25) is 5.91 Å². The van der Waals surface area contributed by atoms with Crippen LogP contribution in [0.1, 0.15) is 39.7 Å². The van der Waals surface area contributed by atoms with Crippen molar-refractivity contribution in [3.63, 3.8) is 0 Å². The second-order valence-electron chi connectivity index (χ2n) is 6.49. The second-order valence-corrected chi connectivity index (χ2v) is 6.49. The minimum absolute atomic E-state index is 0.00891. The topological polar surface area (TPSA) is 92.4 Å². The van der Waals surface area contributed by atoms with E-state index < -0.39 is 23.5 Å². The van der Waals surface area contributed by atoms with E-state index in [1.165, 1.54) is 0 Å². The van der Waals surface area contributed by atoms with Crippen LogP contribution in [0.15, 0.2) is 30.3 Å². The van der Waals surface area contributed by atoms with Crippen molar-refractivity contribution in [3.8, 4) is 0 Å². The third-order valence-electron chi connectivity index (χ3n) is 4.60. The molecule has 3 atom stereocenters. The molecule has 0 saturated carbocycles. The number of carbonyl (C=O) groups excluding carboxylic acids is 1.